The Bertz CT molecular complexity index is 692. The number of benzene rings is 1. The summed E-state index contributed by atoms with van der Waals surface area (Å²) in [4.78, 5) is 23.8. The number of carbonyl (C=O) groups is 1. The van der Waals surface area contributed by atoms with Gasteiger partial charge in [-0.3, -0.25) is 9.59 Å². The molecule has 0 aliphatic rings. The molecule has 20 heavy (non-hydrogen) atoms. The van der Waals surface area contributed by atoms with Gasteiger partial charge in [-0.15, -0.1) is 0 Å². The maximum Gasteiger partial charge on any atom is 0.267 e. The van der Waals surface area contributed by atoms with Crippen molar-refractivity contribution in [2.24, 2.45) is 0 Å². The van der Waals surface area contributed by atoms with Crippen molar-refractivity contribution >= 4 is 11.6 Å². The number of amides is 1. The van der Waals surface area contributed by atoms with Crippen LogP contribution in [-0.2, 0) is 4.79 Å². The molecule has 0 saturated carbocycles. The van der Waals surface area contributed by atoms with Gasteiger partial charge in [0, 0.05) is 18.0 Å². The van der Waals surface area contributed by atoms with E-state index in [0.717, 1.165) is 15.8 Å². The largest absolute Gasteiger partial charge is 0.324 e. The lowest BCUT2D eigenvalue weighted by molar-refractivity contribution is -0.119. The molecule has 0 aliphatic heterocycles. The molecule has 2 aromatic rings. The van der Waals surface area contributed by atoms with Crippen LogP contribution in [0.25, 0.3) is 0 Å². The zero-order chi connectivity index (χ0) is 14.7. The van der Waals surface area contributed by atoms with Crippen LogP contribution in [0.2, 0.25) is 0 Å². The summed E-state index contributed by atoms with van der Waals surface area (Å²) in [7, 11) is 0. The molecule has 1 unspecified atom stereocenters. The Kier molecular flexibility index (Phi) is 3.98. The highest BCUT2D eigenvalue weighted by Gasteiger charge is 2.17. The van der Waals surface area contributed by atoms with Crippen molar-refractivity contribution in [2.45, 2.75) is 26.8 Å². The van der Waals surface area contributed by atoms with Gasteiger partial charge in [-0.05, 0) is 50.1 Å². The fourth-order valence-corrected chi connectivity index (χ4v) is 1.84. The number of aromatic nitrogens is 2. The molecule has 104 valence electrons. The summed E-state index contributed by atoms with van der Waals surface area (Å²) < 4.78 is 1.16. The van der Waals surface area contributed by atoms with Gasteiger partial charge in [-0.2, -0.15) is 5.10 Å². The minimum absolute atomic E-state index is 0.269. The third kappa shape index (κ3) is 2.93. The molecule has 1 heterocycles. The SMILES string of the molecule is Cc1ccc(NC(=O)C(C)n2ncccc2=O)cc1C. The van der Waals surface area contributed by atoms with Crippen molar-refractivity contribution in [3.05, 3.63) is 58.0 Å². The van der Waals surface area contributed by atoms with Gasteiger partial charge in [0.25, 0.3) is 5.56 Å². The summed E-state index contributed by atoms with van der Waals surface area (Å²) in [5.74, 6) is -0.269. The zero-order valence-electron chi connectivity index (χ0n) is 11.8. The first-order valence-electron chi connectivity index (χ1n) is 6.41. The lowest BCUT2D eigenvalue weighted by Crippen LogP contribution is -2.32. The van der Waals surface area contributed by atoms with Crippen LogP contribution in [0.3, 0.4) is 0 Å². The standard InChI is InChI=1S/C15H17N3O2/c1-10-6-7-13(9-11(10)2)17-15(20)12(3)18-14(19)5-4-8-16-18/h4-9,12H,1-3H3,(H,17,20). The van der Waals surface area contributed by atoms with E-state index in [1.54, 1.807) is 13.0 Å². The summed E-state index contributed by atoms with van der Waals surface area (Å²) >= 11 is 0. The van der Waals surface area contributed by atoms with Crippen LogP contribution in [0, 0.1) is 13.8 Å². The second kappa shape index (κ2) is 5.69. The van der Waals surface area contributed by atoms with Crippen molar-refractivity contribution in [2.75, 3.05) is 5.32 Å². The second-order valence-electron chi connectivity index (χ2n) is 4.77. The van der Waals surface area contributed by atoms with Gasteiger partial charge in [-0.1, -0.05) is 6.07 Å². The van der Waals surface area contributed by atoms with Gasteiger partial charge in [0.2, 0.25) is 5.91 Å². The van der Waals surface area contributed by atoms with Crippen molar-refractivity contribution in [3.8, 4) is 0 Å². The van der Waals surface area contributed by atoms with Gasteiger partial charge in [-0.25, -0.2) is 4.68 Å². The molecule has 0 radical (unpaired) electrons. The molecule has 0 fully saturated rings. The number of hydrogen-bond acceptors (Lipinski definition) is 3. The Hall–Kier alpha value is -2.43. The molecule has 0 spiro atoms. The number of nitrogens with zero attached hydrogens (tertiary/aromatic N) is 2. The molecule has 2 rings (SSSR count). The van der Waals surface area contributed by atoms with E-state index >= 15 is 0 Å². The normalized spacial score (nSPS) is 11.9. The van der Waals surface area contributed by atoms with Crippen LogP contribution < -0.4 is 10.9 Å². The quantitative estimate of drug-likeness (QED) is 0.929. The minimum Gasteiger partial charge on any atom is -0.324 e. The Morgan fingerprint density at radius 1 is 1.25 bits per heavy atom. The van der Waals surface area contributed by atoms with Gasteiger partial charge in [0.1, 0.15) is 6.04 Å². The number of aryl methyl sites for hydroxylation is 2. The third-order valence-electron chi connectivity index (χ3n) is 3.26. The van der Waals surface area contributed by atoms with Crippen molar-refractivity contribution in [3.63, 3.8) is 0 Å². The van der Waals surface area contributed by atoms with Crippen LogP contribution in [-0.4, -0.2) is 15.7 Å². The van der Waals surface area contributed by atoms with E-state index in [1.165, 1.54) is 12.3 Å². The van der Waals surface area contributed by atoms with Crippen LogP contribution >= 0.6 is 0 Å². The Morgan fingerprint density at radius 3 is 2.65 bits per heavy atom. The predicted molar refractivity (Wildman–Crippen MR) is 77.8 cm³/mol. The summed E-state index contributed by atoms with van der Waals surface area (Å²) in [6, 6.07) is 7.96. The number of anilines is 1. The van der Waals surface area contributed by atoms with Crippen LogP contribution in [0.5, 0.6) is 0 Å². The number of rotatable bonds is 3. The zero-order valence-corrected chi connectivity index (χ0v) is 11.8. The van der Waals surface area contributed by atoms with Crippen LogP contribution in [0.4, 0.5) is 5.69 Å². The maximum atomic E-state index is 12.2. The molecule has 0 aliphatic carbocycles. The van der Waals surface area contributed by atoms with E-state index < -0.39 is 6.04 Å². The third-order valence-corrected chi connectivity index (χ3v) is 3.26. The lowest BCUT2D eigenvalue weighted by atomic mass is 10.1. The summed E-state index contributed by atoms with van der Waals surface area (Å²) in [5.41, 5.74) is 2.69. The van der Waals surface area contributed by atoms with Gasteiger partial charge in [0.05, 0.1) is 0 Å². The van der Waals surface area contributed by atoms with Crippen LogP contribution in [0.15, 0.2) is 41.3 Å². The first kappa shape index (κ1) is 14.0. The molecular formula is C15H17N3O2. The Labute approximate surface area is 117 Å². The fourth-order valence-electron chi connectivity index (χ4n) is 1.84. The fraction of sp³-hybridized carbons (Fsp3) is 0.267. The topological polar surface area (TPSA) is 64.0 Å². The second-order valence-corrected chi connectivity index (χ2v) is 4.77. The smallest absolute Gasteiger partial charge is 0.267 e. The van der Waals surface area contributed by atoms with Gasteiger partial charge < -0.3 is 5.32 Å². The van der Waals surface area contributed by atoms with E-state index in [9.17, 15) is 9.59 Å². The summed E-state index contributed by atoms with van der Waals surface area (Å²) in [6.45, 7) is 5.64. The van der Waals surface area contributed by atoms with E-state index in [2.05, 4.69) is 10.4 Å². The molecule has 1 aromatic carbocycles. The predicted octanol–water partition coefficient (Wildman–Crippen LogP) is 2.06. The maximum absolute atomic E-state index is 12.2. The summed E-state index contributed by atoms with van der Waals surface area (Å²) in [5, 5.41) is 6.71. The minimum atomic E-state index is -0.662. The lowest BCUT2D eigenvalue weighted by Gasteiger charge is -2.14. The van der Waals surface area contributed by atoms with E-state index in [4.69, 9.17) is 0 Å². The monoisotopic (exact) mass is 271 g/mol. The van der Waals surface area contributed by atoms with Crippen molar-refractivity contribution in [1.29, 1.82) is 0 Å². The van der Waals surface area contributed by atoms with Gasteiger partial charge in [0.15, 0.2) is 0 Å². The average Bonchev–Trinajstić information content (AvgIpc) is 2.42. The van der Waals surface area contributed by atoms with E-state index in [0.29, 0.717) is 5.69 Å². The number of carbonyl (C=O) groups excluding carboxylic acids is 1. The average molecular weight is 271 g/mol. The number of nitrogens with one attached hydrogen (secondary N) is 1. The van der Waals surface area contributed by atoms with E-state index in [1.807, 2.05) is 32.0 Å². The molecular weight excluding hydrogens is 254 g/mol. The van der Waals surface area contributed by atoms with Gasteiger partial charge >= 0.3 is 0 Å². The van der Waals surface area contributed by atoms with Crippen LogP contribution in [0.1, 0.15) is 24.1 Å². The first-order chi connectivity index (χ1) is 9.49. The highest BCUT2D eigenvalue weighted by atomic mass is 16.2. The molecule has 0 bridgehead atoms. The van der Waals surface area contributed by atoms with Crippen molar-refractivity contribution < 1.29 is 4.79 Å². The van der Waals surface area contributed by atoms with E-state index in [-0.39, 0.29) is 11.5 Å². The Balaban J connectivity index is 2.18. The molecule has 5 nitrogen and oxygen atoms in total. The molecule has 1 N–H and O–H groups in total. The molecule has 1 atom stereocenters. The Morgan fingerprint density at radius 2 is 2.00 bits per heavy atom. The highest BCUT2D eigenvalue weighted by Crippen LogP contribution is 2.15. The highest BCUT2D eigenvalue weighted by molar-refractivity contribution is 5.93. The molecule has 1 amide bonds. The molecule has 5 heteroatoms. The molecule has 1 aromatic heterocycles. The van der Waals surface area contributed by atoms with Crippen molar-refractivity contribution in [1.82, 2.24) is 9.78 Å². The first-order valence-corrected chi connectivity index (χ1v) is 6.41. The summed E-state index contributed by atoms with van der Waals surface area (Å²) in [6.07, 6.45) is 1.49. The number of hydrogen-bond donors (Lipinski definition) is 1. The molecule has 0 saturated heterocycles.